The number of hydrogen-bond donors (Lipinski definition) is 2. The van der Waals surface area contributed by atoms with Crippen LogP contribution in [0.4, 0.5) is 8.78 Å². The lowest BCUT2D eigenvalue weighted by atomic mass is 10.1. The van der Waals surface area contributed by atoms with Crippen molar-refractivity contribution < 1.29 is 13.9 Å². The van der Waals surface area contributed by atoms with E-state index in [9.17, 15) is 13.9 Å². The smallest absolute Gasteiger partial charge is 0.132 e. The summed E-state index contributed by atoms with van der Waals surface area (Å²) in [4.78, 5) is 2.78. The van der Waals surface area contributed by atoms with Crippen LogP contribution in [0.3, 0.4) is 0 Å². The Balaban J connectivity index is 2.67. The minimum absolute atomic E-state index is 0.262. The molecule has 0 aliphatic heterocycles. The van der Waals surface area contributed by atoms with E-state index in [2.05, 4.69) is 4.98 Å². The normalized spacial score (nSPS) is 13.4. The number of benzene rings is 1. The van der Waals surface area contributed by atoms with Gasteiger partial charge in [-0.05, 0) is 12.1 Å². The molecule has 1 atom stereocenters. The zero-order chi connectivity index (χ0) is 10.1. The lowest BCUT2D eigenvalue weighted by Gasteiger charge is -2.03. The standard InChI is InChI=1S/C10H9F2NO/c11-4-9(14)6-5-13-8-3-1-2-7(12)10(6)8/h1-3,5,9,13-14H,4H2. The second-order valence-electron chi connectivity index (χ2n) is 3.08. The maximum atomic E-state index is 13.3. The first kappa shape index (κ1) is 9.15. The molecule has 74 valence electrons. The minimum Gasteiger partial charge on any atom is -0.386 e. The number of fused-ring (bicyclic) bond motifs is 1. The quantitative estimate of drug-likeness (QED) is 0.761. The topological polar surface area (TPSA) is 36.0 Å². The Morgan fingerprint density at radius 1 is 1.43 bits per heavy atom. The number of aromatic amines is 1. The van der Waals surface area contributed by atoms with Crippen molar-refractivity contribution in [3.05, 3.63) is 35.8 Å². The highest BCUT2D eigenvalue weighted by Gasteiger charge is 2.15. The number of aromatic nitrogens is 1. The number of halogens is 2. The molecule has 0 spiro atoms. The van der Waals surface area contributed by atoms with E-state index in [-0.39, 0.29) is 10.9 Å². The van der Waals surface area contributed by atoms with Crippen molar-refractivity contribution in [1.29, 1.82) is 0 Å². The first-order valence-corrected chi connectivity index (χ1v) is 4.23. The van der Waals surface area contributed by atoms with E-state index in [1.54, 1.807) is 12.1 Å². The Bertz CT molecular complexity index is 452. The van der Waals surface area contributed by atoms with Gasteiger partial charge in [0.2, 0.25) is 0 Å². The van der Waals surface area contributed by atoms with Gasteiger partial charge in [-0.25, -0.2) is 8.78 Å². The van der Waals surface area contributed by atoms with Gasteiger partial charge in [-0.3, -0.25) is 0 Å². The molecule has 2 rings (SSSR count). The number of H-pyrrole nitrogens is 1. The van der Waals surface area contributed by atoms with Crippen LogP contribution in [0.1, 0.15) is 11.7 Å². The van der Waals surface area contributed by atoms with Gasteiger partial charge in [0.1, 0.15) is 18.6 Å². The Labute approximate surface area is 79.2 Å². The zero-order valence-corrected chi connectivity index (χ0v) is 7.30. The highest BCUT2D eigenvalue weighted by molar-refractivity contribution is 5.84. The molecule has 2 N–H and O–H groups in total. The molecule has 0 bridgehead atoms. The number of rotatable bonds is 2. The van der Waals surface area contributed by atoms with Crippen molar-refractivity contribution in [3.8, 4) is 0 Å². The molecular formula is C10H9F2NO. The largest absolute Gasteiger partial charge is 0.386 e. The summed E-state index contributed by atoms with van der Waals surface area (Å²) in [5.41, 5.74) is 0.827. The molecule has 0 saturated heterocycles. The van der Waals surface area contributed by atoms with Crippen LogP contribution in [-0.2, 0) is 0 Å². The molecule has 0 saturated carbocycles. The minimum atomic E-state index is -1.26. The molecule has 4 heteroatoms. The van der Waals surface area contributed by atoms with E-state index in [1.807, 2.05) is 0 Å². The molecule has 1 aromatic heterocycles. The summed E-state index contributed by atoms with van der Waals surface area (Å²) in [6, 6.07) is 4.51. The SMILES string of the molecule is OC(CF)c1c[nH]c2cccc(F)c12. The van der Waals surface area contributed by atoms with Gasteiger partial charge in [0.05, 0.1) is 0 Å². The monoisotopic (exact) mass is 197 g/mol. The van der Waals surface area contributed by atoms with E-state index >= 15 is 0 Å². The van der Waals surface area contributed by atoms with Crippen LogP contribution >= 0.6 is 0 Å². The van der Waals surface area contributed by atoms with Crippen molar-refractivity contribution in [2.75, 3.05) is 6.67 Å². The van der Waals surface area contributed by atoms with Gasteiger partial charge < -0.3 is 10.1 Å². The fourth-order valence-corrected chi connectivity index (χ4v) is 1.51. The summed E-state index contributed by atoms with van der Waals surface area (Å²) in [7, 11) is 0. The van der Waals surface area contributed by atoms with Gasteiger partial charge in [0.25, 0.3) is 0 Å². The number of aliphatic hydroxyl groups is 1. The van der Waals surface area contributed by atoms with Crippen LogP contribution in [0, 0.1) is 5.82 Å². The van der Waals surface area contributed by atoms with Crippen molar-refractivity contribution in [2.45, 2.75) is 6.10 Å². The molecule has 2 nitrogen and oxygen atoms in total. The average molecular weight is 197 g/mol. The van der Waals surface area contributed by atoms with Gasteiger partial charge in [-0.1, -0.05) is 6.07 Å². The molecule has 0 aliphatic rings. The van der Waals surface area contributed by atoms with Crippen LogP contribution in [0.5, 0.6) is 0 Å². The Hall–Kier alpha value is -1.42. The number of nitrogens with one attached hydrogen (secondary N) is 1. The summed E-state index contributed by atoms with van der Waals surface area (Å²) in [6.45, 7) is -0.915. The van der Waals surface area contributed by atoms with E-state index in [0.29, 0.717) is 5.52 Å². The summed E-state index contributed by atoms with van der Waals surface area (Å²) in [5, 5.41) is 9.54. The molecule has 1 unspecified atom stereocenters. The average Bonchev–Trinajstić information content (AvgIpc) is 2.62. The highest BCUT2D eigenvalue weighted by atomic mass is 19.1. The predicted molar refractivity (Wildman–Crippen MR) is 49.2 cm³/mol. The molecule has 2 aromatic rings. The van der Waals surface area contributed by atoms with Crippen LogP contribution < -0.4 is 0 Å². The molecule has 0 aliphatic carbocycles. The van der Waals surface area contributed by atoms with Gasteiger partial charge in [0, 0.05) is 22.7 Å². The predicted octanol–water partition coefficient (Wildman–Crippen LogP) is 2.31. The lowest BCUT2D eigenvalue weighted by molar-refractivity contribution is 0.143. The summed E-state index contributed by atoms with van der Waals surface area (Å²) < 4.78 is 25.5. The molecule has 0 radical (unpaired) electrons. The van der Waals surface area contributed by atoms with Crippen molar-refractivity contribution >= 4 is 10.9 Å². The Morgan fingerprint density at radius 3 is 2.93 bits per heavy atom. The zero-order valence-electron chi connectivity index (χ0n) is 7.30. The highest BCUT2D eigenvalue weighted by Crippen LogP contribution is 2.26. The fraction of sp³-hybridized carbons (Fsp3) is 0.200. The van der Waals surface area contributed by atoms with E-state index in [0.717, 1.165) is 0 Å². The molecule has 0 fully saturated rings. The molecule has 14 heavy (non-hydrogen) atoms. The van der Waals surface area contributed by atoms with Crippen molar-refractivity contribution in [3.63, 3.8) is 0 Å². The van der Waals surface area contributed by atoms with Gasteiger partial charge >= 0.3 is 0 Å². The Morgan fingerprint density at radius 2 is 2.21 bits per heavy atom. The molecule has 1 heterocycles. The lowest BCUT2D eigenvalue weighted by Crippen LogP contribution is -1.98. The summed E-state index contributed by atoms with van der Waals surface area (Å²) >= 11 is 0. The molecule has 1 aromatic carbocycles. The second kappa shape index (κ2) is 3.38. The summed E-state index contributed by atoms with van der Waals surface area (Å²) in [6.07, 6.45) is 0.165. The van der Waals surface area contributed by atoms with E-state index < -0.39 is 18.6 Å². The van der Waals surface area contributed by atoms with Crippen LogP contribution in [0.25, 0.3) is 10.9 Å². The fourth-order valence-electron chi connectivity index (χ4n) is 1.51. The van der Waals surface area contributed by atoms with E-state index in [4.69, 9.17) is 0 Å². The molecular weight excluding hydrogens is 188 g/mol. The van der Waals surface area contributed by atoms with Crippen LogP contribution in [0.15, 0.2) is 24.4 Å². The van der Waals surface area contributed by atoms with Gasteiger partial charge in [0.15, 0.2) is 0 Å². The Kier molecular flexibility index (Phi) is 2.21. The van der Waals surface area contributed by atoms with Gasteiger partial charge in [-0.2, -0.15) is 0 Å². The number of alkyl halides is 1. The third-order valence-electron chi connectivity index (χ3n) is 2.19. The van der Waals surface area contributed by atoms with Crippen molar-refractivity contribution in [1.82, 2.24) is 4.98 Å². The maximum absolute atomic E-state index is 13.3. The third kappa shape index (κ3) is 1.28. The number of hydrogen-bond acceptors (Lipinski definition) is 1. The number of aliphatic hydroxyl groups excluding tert-OH is 1. The summed E-state index contributed by atoms with van der Waals surface area (Å²) in [5.74, 6) is -0.453. The maximum Gasteiger partial charge on any atom is 0.132 e. The van der Waals surface area contributed by atoms with Gasteiger partial charge in [-0.15, -0.1) is 0 Å². The van der Waals surface area contributed by atoms with E-state index in [1.165, 1.54) is 12.3 Å². The second-order valence-corrected chi connectivity index (χ2v) is 3.08. The molecule has 0 amide bonds. The third-order valence-corrected chi connectivity index (χ3v) is 2.19. The van der Waals surface area contributed by atoms with Crippen LogP contribution in [0.2, 0.25) is 0 Å². The first-order valence-electron chi connectivity index (χ1n) is 4.23. The van der Waals surface area contributed by atoms with Crippen LogP contribution in [-0.4, -0.2) is 16.8 Å². The van der Waals surface area contributed by atoms with Crippen molar-refractivity contribution in [2.24, 2.45) is 0 Å². The first-order chi connectivity index (χ1) is 6.74.